The number of nitrogens with zero attached hydrogens (tertiary/aromatic N) is 3. The van der Waals surface area contributed by atoms with Crippen molar-refractivity contribution >= 4 is 32.7 Å². The van der Waals surface area contributed by atoms with Gasteiger partial charge in [0.15, 0.2) is 17.5 Å². The van der Waals surface area contributed by atoms with Gasteiger partial charge in [-0.1, -0.05) is 103 Å². The molecule has 0 atom stereocenters. The Labute approximate surface area is 240 Å². The molecule has 0 bridgehead atoms. The van der Waals surface area contributed by atoms with E-state index in [-0.39, 0.29) is 0 Å². The predicted octanol–water partition coefficient (Wildman–Crippen LogP) is 9.70. The third-order valence-corrected chi connectivity index (χ3v) is 7.90. The van der Waals surface area contributed by atoms with Crippen LogP contribution in [0.4, 0.5) is 0 Å². The molecule has 0 amide bonds. The van der Waals surface area contributed by atoms with E-state index in [1.165, 1.54) is 0 Å². The van der Waals surface area contributed by atoms with Crippen LogP contribution in [0.5, 0.6) is 11.5 Å². The molecule has 196 valence electrons. The molecule has 1 aliphatic rings. The van der Waals surface area contributed by atoms with Gasteiger partial charge in [-0.3, -0.25) is 0 Å². The van der Waals surface area contributed by atoms with Crippen molar-refractivity contribution in [3.8, 4) is 56.8 Å². The third kappa shape index (κ3) is 3.54. The molecular weight excluding hydrogens is 518 g/mol. The molecule has 5 nitrogen and oxygen atoms in total. The van der Waals surface area contributed by atoms with Gasteiger partial charge in [0, 0.05) is 27.5 Å². The van der Waals surface area contributed by atoms with Crippen molar-refractivity contribution in [3.63, 3.8) is 0 Å². The molecule has 5 heteroatoms. The van der Waals surface area contributed by atoms with Gasteiger partial charge in [0.25, 0.3) is 0 Å². The zero-order valence-electron chi connectivity index (χ0n) is 22.3. The Bertz CT molecular complexity index is 2250. The van der Waals surface area contributed by atoms with Crippen molar-refractivity contribution in [2.75, 3.05) is 0 Å². The van der Waals surface area contributed by atoms with E-state index in [0.29, 0.717) is 17.5 Å². The summed E-state index contributed by atoms with van der Waals surface area (Å²) in [5, 5.41) is 4.42. The Hall–Kier alpha value is -5.81. The first-order valence-electron chi connectivity index (χ1n) is 13.9. The third-order valence-electron chi connectivity index (χ3n) is 7.90. The Morgan fingerprint density at radius 2 is 1.00 bits per heavy atom. The smallest absolute Gasteiger partial charge is 0.164 e. The Morgan fingerprint density at radius 3 is 1.67 bits per heavy atom. The lowest BCUT2D eigenvalue weighted by atomic mass is 9.97. The molecule has 8 aromatic rings. The van der Waals surface area contributed by atoms with E-state index in [4.69, 9.17) is 24.1 Å². The molecule has 1 aliphatic heterocycles. The molecule has 9 rings (SSSR count). The Morgan fingerprint density at radius 1 is 0.381 bits per heavy atom. The van der Waals surface area contributed by atoms with Crippen LogP contribution in [0.25, 0.3) is 78.0 Å². The summed E-state index contributed by atoms with van der Waals surface area (Å²) < 4.78 is 12.8. The SMILES string of the molecule is c1ccc(-c2nc(-c3ccccc3)nc(-c3ccc(-c4cc5c6c(c4)oc4ccc7cccc(c7c46)O5)cc3)n2)cc1. The maximum atomic E-state index is 6.42. The molecule has 0 spiro atoms. The van der Waals surface area contributed by atoms with Gasteiger partial charge in [-0.15, -0.1) is 0 Å². The van der Waals surface area contributed by atoms with Crippen molar-refractivity contribution in [1.82, 2.24) is 15.0 Å². The lowest BCUT2D eigenvalue weighted by Gasteiger charge is -2.16. The molecule has 0 saturated carbocycles. The van der Waals surface area contributed by atoms with Crippen LogP contribution in [-0.4, -0.2) is 15.0 Å². The van der Waals surface area contributed by atoms with Gasteiger partial charge in [0.2, 0.25) is 0 Å². The van der Waals surface area contributed by atoms with Gasteiger partial charge in [-0.2, -0.15) is 0 Å². The highest BCUT2D eigenvalue weighted by Gasteiger charge is 2.23. The second-order valence-corrected chi connectivity index (χ2v) is 10.5. The molecule has 0 fully saturated rings. The lowest BCUT2D eigenvalue weighted by Crippen LogP contribution is -2.00. The van der Waals surface area contributed by atoms with Crippen molar-refractivity contribution < 1.29 is 9.15 Å². The zero-order valence-corrected chi connectivity index (χ0v) is 22.3. The monoisotopic (exact) mass is 539 g/mol. The first-order valence-corrected chi connectivity index (χ1v) is 13.9. The van der Waals surface area contributed by atoms with Gasteiger partial charge >= 0.3 is 0 Å². The highest BCUT2D eigenvalue weighted by atomic mass is 16.5. The number of benzene rings is 6. The fourth-order valence-electron chi connectivity index (χ4n) is 5.90. The molecule has 3 heterocycles. The van der Waals surface area contributed by atoms with E-state index in [2.05, 4.69) is 48.5 Å². The van der Waals surface area contributed by atoms with Gasteiger partial charge in [-0.05, 0) is 40.8 Å². The van der Waals surface area contributed by atoms with E-state index in [1.54, 1.807) is 0 Å². The van der Waals surface area contributed by atoms with Gasteiger partial charge in [-0.25, -0.2) is 15.0 Å². The highest BCUT2D eigenvalue weighted by Crippen LogP contribution is 2.49. The molecule has 6 aromatic carbocycles. The number of aromatic nitrogens is 3. The largest absolute Gasteiger partial charge is 0.456 e. The van der Waals surface area contributed by atoms with E-state index in [1.807, 2.05) is 78.9 Å². The molecule has 0 saturated heterocycles. The average molecular weight is 540 g/mol. The minimum atomic E-state index is 0.626. The Kier molecular flexibility index (Phi) is 4.83. The summed E-state index contributed by atoms with van der Waals surface area (Å²) in [5.74, 6) is 3.59. The minimum Gasteiger partial charge on any atom is -0.456 e. The number of hydrogen-bond acceptors (Lipinski definition) is 5. The molecular formula is C37H21N3O2. The van der Waals surface area contributed by atoms with E-state index < -0.39 is 0 Å². The number of hydrogen-bond donors (Lipinski definition) is 0. The van der Waals surface area contributed by atoms with E-state index >= 15 is 0 Å². The molecule has 2 aromatic heterocycles. The van der Waals surface area contributed by atoms with Crippen LogP contribution in [0.3, 0.4) is 0 Å². The fraction of sp³-hybridized carbons (Fsp3) is 0. The molecule has 0 N–H and O–H groups in total. The first kappa shape index (κ1) is 22.9. The van der Waals surface area contributed by atoms with Crippen molar-refractivity contribution in [3.05, 3.63) is 127 Å². The van der Waals surface area contributed by atoms with E-state index in [9.17, 15) is 0 Å². The summed E-state index contributed by atoms with van der Waals surface area (Å²) in [6, 6.07) is 42.8. The number of furan rings is 1. The van der Waals surface area contributed by atoms with Crippen LogP contribution >= 0.6 is 0 Å². The lowest BCUT2D eigenvalue weighted by molar-refractivity contribution is 0.493. The molecule has 42 heavy (non-hydrogen) atoms. The summed E-state index contributed by atoms with van der Waals surface area (Å²) in [4.78, 5) is 14.5. The van der Waals surface area contributed by atoms with Crippen LogP contribution < -0.4 is 4.74 Å². The summed E-state index contributed by atoms with van der Waals surface area (Å²) in [7, 11) is 0. The second-order valence-electron chi connectivity index (χ2n) is 10.5. The van der Waals surface area contributed by atoms with Crippen molar-refractivity contribution in [2.24, 2.45) is 0 Å². The van der Waals surface area contributed by atoms with E-state index in [0.717, 1.165) is 72.0 Å². The van der Waals surface area contributed by atoms with Crippen LogP contribution in [0, 0.1) is 0 Å². The van der Waals surface area contributed by atoms with Gasteiger partial charge < -0.3 is 9.15 Å². The summed E-state index contributed by atoms with van der Waals surface area (Å²) >= 11 is 0. The quantitative estimate of drug-likeness (QED) is 0.223. The summed E-state index contributed by atoms with van der Waals surface area (Å²) in [6.07, 6.45) is 0. The van der Waals surface area contributed by atoms with Crippen LogP contribution in [0.1, 0.15) is 0 Å². The second kappa shape index (κ2) is 8.85. The van der Waals surface area contributed by atoms with Crippen LogP contribution in [0.15, 0.2) is 132 Å². The summed E-state index contributed by atoms with van der Waals surface area (Å²) in [6.45, 7) is 0. The van der Waals surface area contributed by atoms with Crippen LogP contribution in [-0.2, 0) is 0 Å². The Balaban J connectivity index is 1.15. The first-order chi connectivity index (χ1) is 20.8. The molecule has 0 aliphatic carbocycles. The van der Waals surface area contributed by atoms with Crippen molar-refractivity contribution in [1.29, 1.82) is 0 Å². The average Bonchev–Trinajstić information content (AvgIpc) is 3.45. The predicted molar refractivity (Wildman–Crippen MR) is 166 cm³/mol. The number of ether oxygens (including phenoxy) is 1. The zero-order chi connectivity index (χ0) is 27.6. The topological polar surface area (TPSA) is 61.0 Å². The highest BCUT2D eigenvalue weighted by molar-refractivity contribution is 6.24. The van der Waals surface area contributed by atoms with Gasteiger partial charge in [0.1, 0.15) is 22.7 Å². The number of rotatable bonds is 4. The normalized spacial score (nSPS) is 12.0. The van der Waals surface area contributed by atoms with Gasteiger partial charge in [0.05, 0.1) is 5.39 Å². The summed E-state index contributed by atoms with van der Waals surface area (Å²) in [5.41, 5.74) is 6.56. The fourth-order valence-corrected chi connectivity index (χ4v) is 5.90. The maximum absolute atomic E-state index is 6.42. The molecule has 0 radical (unpaired) electrons. The van der Waals surface area contributed by atoms with Crippen LogP contribution in [0.2, 0.25) is 0 Å². The molecule has 0 unspecified atom stereocenters. The van der Waals surface area contributed by atoms with Crippen molar-refractivity contribution in [2.45, 2.75) is 0 Å². The minimum absolute atomic E-state index is 0.626. The maximum Gasteiger partial charge on any atom is 0.164 e. The standard InChI is InChI=1S/C37H21N3O2/c1-3-8-24(9-4-1)35-38-36(25-10-5-2-6-11-25)40-37(39-35)26-16-14-22(15-17-26)27-20-30-33-31(21-27)42-29-19-18-23-12-7-13-28(41-30)32(23)34(29)33/h1-21H.